The van der Waals surface area contributed by atoms with Gasteiger partial charge >= 0.3 is 0 Å². The van der Waals surface area contributed by atoms with E-state index in [2.05, 4.69) is 68.3 Å². The molecule has 0 bridgehead atoms. The third kappa shape index (κ3) is 3.58. The van der Waals surface area contributed by atoms with Crippen molar-refractivity contribution in [3.63, 3.8) is 0 Å². The van der Waals surface area contributed by atoms with Gasteiger partial charge in [0.25, 0.3) is 0 Å². The van der Waals surface area contributed by atoms with Gasteiger partial charge in [-0.05, 0) is 42.7 Å². The second-order valence-corrected chi connectivity index (χ2v) is 7.75. The Morgan fingerprint density at radius 1 is 1.08 bits per heavy atom. The molecule has 4 rings (SSSR count). The average molecular weight is 399 g/mol. The van der Waals surface area contributed by atoms with Crippen molar-refractivity contribution in [2.75, 3.05) is 5.32 Å². The number of nitrogens with two attached hydrogens (primary N) is 1. The van der Waals surface area contributed by atoms with E-state index in [0.29, 0.717) is 6.04 Å². The molecule has 0 saturated heterocycles. The van der Waals surface area contributed by atoms with Crippen molar-refractivity contribution in [3.05, 3.63) is 58.6 Å². The number of nitrogens with one attached hydrogen (secondary N) is 1. The van der Waals surface area contributed by atoms with Crippen molar-refractivity contribution in [1.29, 1.82) is 0 Å². The van der Waals surface area contributed by atoms with E-state index in [1.165, 1.54) is 18.4 Å². The van der Waals surface area contributed by atoms with E-state index in [0.717, 1.165) is 40.8 Å². The van der Waals surface area contributed by atoms with Crippen molar-refractivity contribution in [2.45, 2.75) is 44.3 Å². The van der Waals surface area contributed by atoms with Gasteiger partial charge < -0.3 is 15.6 Å². The third-order valence-electron chi connectivity index (χ3n) is 5.04. The van der Waals surface area contributed by atoms with Crippen LogP contribution in [0.3, 0.4) is 0 Å². The van der Waals surface area contributed by atoms with E-state index in [9.17, 15) is 0 Å². The summed E-state index contributed by atoms with van der Waals surface area (Å²) in [6.07, 6.45) is 4.67. The fraction of sp³-hybridized carbons (Fsp3) is 0.350. The van der Waals surface area contributed by atoms with Gasteiger partial charge in [-0.25, -0.2) is 4.98 Å². The molecule has 2 unspecified atom stereocenters. The highest BCUT2D eigenvalue weighted by atomic mass is 79.9. The summed E-state index contributed by atoms with van der Waals surface area (Å²) in [6, 6.07) is 17.3. The summed E-state index contributed by atoms with van der Waals surface area (Å²) < 4.78 is 3.36. The molecule has 0 amide bonds. The molecule has 2 aromatic carbocycles. The largest absolute Gasteiger partial charge is 0.351 e. The lowest BCUT2D eigenvalue weighted by Gasteiger charge is -2.29. The van der Waals surface area contributed by atoms with E-state index in [1.54, 1.807) is 0 Å². The van der Waals surface area contributed by atoms with Crippen LogP contribution >= 0.6 is 15.9 Å². The lowest BCUT2D eigenvalue weighted by atomic mass is 9.91. The Labute approximate surface area is 156 Å². The number of fused-ring (bicyclic) bond motifs is 1. The van der Waals surface area contributed by atoms with Gasteiger partial charge in [0.05, 0.1) is 17.6 Å². The summed E-state index contributed by atoms with van der Waals surface area (Å²) in [6.45, 7) is 0.790. The predicted molar refractivity (Wildman–Crippen MR) is 107 cm³/mol. The number of halogens is 1. The van der Waals surface area contributed by atoms with Crippen molar-refractivity contribution in [3.8, 4) is 0 Å². The quantitative estimate of drug-likeness (QED) is 0.678. The van der Waals surface area contributed by atoms with Gasteiger partial charge in [0.1, 0.15) is 0 Å². The molecule has 130 valence electrons. The summed E-state index contributed by atoms with van der Waals surface area (Å²) >= 11 is 3.50. The Balaban J connectivity index is 1.68. The predicted octanol–water partition coefficient (Wildman–Crippen LogP) is 4.53. The summed E-state index contributed by atoms with van der Waals surface area (Å²) in [5.74, 6) is 0.923. The van der Waals surface area contributed by atoms with Gasteiger partial charge in [-0.1, -0.05) is 53.0 Å². The van der Waals surface area contributed by atoms with Crippen molar-refractivity contribution < 1.29 is 0 Å². The zero-order chi connectivity index (χ0) is 17.2. The Morgan fingerprint density at radius 2 is 1.84 bits per heavy atom. The number of aromatic nitrogens is 2. The maximum Gasteiger partial charge on any atom is 0.204 e. The van der Waals surface area contributed by atoms with Gasteiger partial charge in [-0.2, -0.15) is 0 Å². The van der Waals surface area contributed by atoms with E-state index in [-0.39, 0.29) is 6.04 Å². The number of anilines is 1. The monoisotopic (exact) mass is 398 g/mol. The molecule has 25 heavy (non-hydrogen) atoms. The molecule has 0 aliphatic heterocycles. The second-order valence-electron chi connectivity index (χ2n) is 6.84. The van der Waals surface area contributed by atoms with E-state index < -0.39 is 0 Å². The second kappa shape index (κ2) is 7.18. The summed E-state index contributed by atoms with van der Waals surface area (Å²) in [4.78, 5) is 4.84. The zero-order valence-corrected chi connectivity index (χ0v) is 15.7. The van der Waals surface area contributed by atoms with Crippen LogP contribution in [0, 0.1) is 0 Å². The maximum atomic E-state index is 6.34. The highest BCUT2D eigenvalue weighted by Crippen LogP contribution is 2.25. The molecule has 1 fully saturated rings. The summed E-state index contributed by atoms with van der Waals surface area (Å²) in [7, 11) is 0. The molecule has 0 spiro atoms. The number of hydrogen-bond donors (Lipinski definition) is 2. The Morgan fingerprint density at radius 3 is 2.64 bits per heavy atom. The fourth-order valence-corrected chi connectivity index (χ4v) is 3.89. The van der Waals surface area contributed by atoms with Crippen molar-refractivity contribution >= 4 is 32.9 Å². The molecule has 3 N–H and O–H groups in total. The lowest BCUT2D eigenvalue weighted by Crippen LogP contribution is -2.43. The van der Waals surface area contributed by atoms with Crippen LogP contribution in [-0.4, -0.2) is 21.6 Å². The van der Waals surface area contributed by atoms with Crippen LogP contribution in [0.15, 0.2) is 53.0 Å². The first kappa shape index (κ1) is 16.6. The smallest absolute Gasteiger partial charge is 0.204 e. The molecular formula is C20H23BrN4. The van der Waals surface area contributed by atoms with Crippen LogP contribution in [0.1, 0.15) is 31.2 Å². The highest BCUT2D eigenvalue weighted by molar-refractivity contribution is 9.10. The van der Waals surface area contributed by atoms with E-state index in [4.69, 9.17) is 10.7 Å². The highest BCUT2D eigenvalue weighted by Gasteiger charge is 2.23. The van der Waals surface area contributed by atoms with Crippen molar-refractivity contribution in [2.24, 2.45) is 5.73 Å². The van der Waals surface area contributed by atoms with Gasteiger partial charge in [-0.3, -0.25) is 0 Å². The number of benzene rings is 2. The normalized spacial score (nSPS) is 20.7. The first-order chi connectivity index (χ1) is 12.2. The van der Waals surface area contributed by atoms with Gasteiger partial charge in [0.2, 0.25) is 5.95 Å². The molecule has 1 aliphatic carbocycles. The Bertz CT molecular complexity index is 856. The average Bonchev–Trinajstić information content (AvgIpc) is 2.96. The summed E-state index contributed by atoms with van der Waals surface area (Å²) in [5.41, 5.74) is 9.76. The lowest BCUT2D eigenvalue weighted by molar-refractivity contribution is 0.401. The van der Waals surface area contributed by atoms with Gasteiger partial charge in [0.15, 0.2) is 0 Å². The molecule has 1 aliphatic rings. The molecule has 1 heterocycles. The molecule has 2 atom stereocenters. The van der Waals surface area contributed by atoms with Crippen LogP contribution in [0.25, 0.3) is 11.0 Å². The minimum atomic E-state index is 0.203. The molecule has 1 aromatic heterocycles. The number of imidazole rings is 1. The molecular weight excluding hydrogens is 376 g/mol. The molecule has 3 aromatic rings. The van der Waals surface area contributed by atoms with Crippen LogP contribution in [-0.2, 0) is 6.54 Å². The van der Waals surface area contributed by atoms with Crippen LogP contribution in [0.2, 0.25) is 0 Å². The minimum Gasteiger partial charge on any atom is -0.351 e. The van der Waals surface area contributed by atoms with Crippen LogP contribution in [0.5, 0.6) is 0 Å². The number of hydrogen-bond acceptors (Lipinski definition) is 3. The zero-order valence-electron chi connectivity index (χ0n) is 14.2. The minimum absolute atomic E-state index is 0.203. The third-order valence-corrected chi connectivity index (χ3v) is 5.57. The Kier molecular flexibility index (Phi) is 4.77. The Hall–Kier alpha value is -1.85. The summed E-state index contributed by atoms with van der Waals surface area (Å²) in [5, 5.41) is 3.64. The number of rotatable bonds is 4. The molecule has 4 nitrogen and oxygen atoms in total. The molecule has 5 heteroatoms. The SMILES string of the molecule is NC1CCCCC1Nc1nc2ccccc2n1Cc1ccc(Br)cc1. The fourth-order valence-electron chi connectivity index (χ4n) is 3.62. The first-order valence-electron chi connectivity index (χ1n) is 8.92. The molecule has 1 saturated carbocycles. The van der Waals surface area contributed by atoms with Crippen LogP contribution < -0.4 is 11.1 Å². The standard InChI is InChI=1S/C20H23BrN4/c21-15-11-9-14(10-12-15)13-25-19-8-4-3-7-18(19)24-20(25)23-17-6-2-1-5-16(17)22/h3-4,7-12,16-17H,1-2,5-6,13,22H2,(H,23,24). The number of para-hydroxylation sites is 2. The topological polar surface area (TPSA) is 55.9 Å². The van der Waals surface area contributed by atoms with Crippen molar-refractivity contribution in [1.82, 2.24) is 9.55 Å². The van der Waals surface area contributed by atoms with E-state index in [1.807, 2.05) is 6.07 Å². The van der Waals surface area contributed by atoms with Gasteiger partial charge in [-0.15, -0.1) is 0 Å². The van der Waals surface area contributed by atoms with Gasteiger partial charge in [0, 0.05) is 16.6 Å². The maximum absolute atomic E-state index is 6.34. The van der Waals surface area contributed by atoms with Crippen LogP contribution in [0.4, 0.5) is 5.95 Å². The number of nitrogens with zero attached hydrogens (tertiary/aromatic N) is 2. The first-order valence-corrected chi connectivity index (χ1v) is 9.72. The molecule has 0 radical (unpaired) electrons. The van der Waals surface area contributed by atoms with E-state index >= 15 is 0 Å².